The lowest BCUT2D eigenvalue weighted by molar-refractivity contribution is -0.0428. The van der Waals surface area contributed by atoms with Crippen molar-refractivity contribution in [3.8, 4) is 0 Å². The summed E-state index contributed by atoms with van der Waals surface area (Å²) in [4.78, 5) is 14.0. The number of urea groups is 1. The molecule has 1 N–H and O–H groups in total. The number of carbonyl (C=O) groups excluding carboxylic acids is 1. The molecule has 0 aliphatic carbocycles. The SMILES string of the molecule is COCCNC(=O)N1CC(c2ccccc2)OCC1C. The van der Waals surface area contributed by atoms with Gasteiger partial charge in [0.1, 0.15) is 6.10 Å². The molecule has 5 heteroatoms. The van der Waals surface area contributed by atoms with Crippen molar-refractivity contribution in [1.29, 1.82) is 0 Å². The Bertz CT molecular complexity index is 424. The highest BCUT2D eigenvalue weighted by atomic mass is 16.5. The van der Waals surface area contributed by atoms with Gasteiger partial charge in [0.2, 0.25) is 0 Å². The van der Waals surface area contributed by atoms with E-state index in [0.717, 1.165) is 5.56 Å². The summed E-state index contributed by atoms with van der Waals surface area (Å²) in [6.45, 7) is 4.17. The summed E-state index contributed by atoms with van der Waals surface area (Å²) in [5.74, 6) is 0. The third kappa shape index (κ3) is 3.71. The first-order chi connectivity index (χ1) is 9.72. The summed E-state index contributed by atoms with van der Waals surface area (Å²) in [5.41, 5.74) is 1.11. The van der Waals surface area contributed by atoms with Crippen LogP contribution >= 0.6 is 0 Å². The van der Waals surface area contributed by atoms with E-state index in [1.807, 2.05) is 42.2 Å². The van der Waals surface area contributed by atoms with Crippen molar-refractivity contribution in [1.82, 2.24) is 10.2 Å². The summed E-state index contributed by atoms with van der Waals surface area (Å²) in [5, 5.41) is 2.86. The second kappa shape index (κ2) is 7.26. The number of benzene rings is 1. The van der Waals surface area contributed by atoms with Gasteiger partial charge < -0.3 is 19.7 Å². The molecule has 0 aromatic heterocycles. The number of morpholine rings is 1. The number of ether oxygens (including phenoxy) is 2. The number of hydrogen-bond acceptors (Lipinski definition) is 3. The van der Waals surface area contributed by atoms with Crippen LogP contribution in [0.2, 0.25) is 0 Å². The van der Waals surface area contributed by atoms with Crippen molar-refractivity contribution in [2.24, 2.45) is 0 Å². The van der Waals surface area contributed by atoms with Crippen LogP contribution in [0.15, 0.2) is 30.3 Å². The predicted octanol–water partition coefficient (Wildman–Crippen LogP) is 1.80. The van der Waals surface area contributed by atoms with Crippen LogP contribution in [0, 0.1) is 0 Å². The van der Waals surface area contributed by atoms with Gasteiger partial charge in [0.25, 0.3) is 0 Å². The molecule has 0 saturated carbocycles. The van der Waals surface area contributed by atoms with Gasteiger partial charge in [-0.25, -0.2) is 4.79 Å². The van der Waals surface area contributed by atoms with E-state index in [1.54, 1.807) is 7.11 Å². The topological polar surface area (TPSA) is 50.8 Å². The molecule has 1 saturated heterocycles. The van der Waals surface area contributed by atoms with E-state index in [1.165, 1.54) is 0 Å². The number of nitrogens with one attached hydrogen (secondary N) is 1. The fraction of sp³-hybridized carbons (Fsp3) is 0.533. The Kier molecular flexibility index (Phi) is 5.38. The number of methoxy groups -OCH3 is 1. The largest absolute Gasteiger partial charge is 0.383 e. The molecule has 110 valence electrons. The minimum atomic E-state index is -0.0567. The number of amides is 2. The first-order valence-corrected chi connectivity index (χ1v) is 6.92. The first kappa shape index (κ1) is 14.8. The lowest BCUT2D eigenvalue weighted by Gasteiger charge is -2.38. The Morgan fingerprint density at radius 2 is 2.20 bits per heavy atom. The van der Waals surface area contributed by atoms with Crippen LogP contribution in [0.3, 0.4) is 0 Å². The molecular formula is C15H22N2O3. The smallest absolute Gasteiger partial charge is 0.317 e. The molecule has 1 aromatic rings. The highest BCUT2D eigenvalue weighted by molar-refractivity contribution is 5.74. The van der Waals surface area contributed by atoms with E-state index in [0.29, 0.717) is 26.3 Å². The van der Waals surface area contributed by atoms with E-state index in [4.69, 9.17) is 9.47 Å². The second-order valence-electron chi connectivity index (χ2n) is 4.96. The molecule has 1 aromatic carbocycles. The van der Waals surface area contributed by atoms with Crippen LogP contribution in [-0.2, 0) is 9.47 Å². The van der Waals surface area contributed by atoms with Gasteiger partial charge in [0.05, 0.1) is 25.8 Å². The Morgan fingerprint density at radius 1 is 1.45 bits per heavy atom. The lowest BCUT2D eigenvalue weighted by Crippen LogP contribution is -2.52. The number of rotatable bonds is 4. The maximum absolute atomic E-state index is 12.2. The van der Waals surface area contributed by atoms with E-state index in [2.05, 4.69) is 5.32 Å². The molecular weight excluding hydrogens is 256 g/mol. The second-order valence-corrected chi connectivity index (χ2v) is 4.96. The molecule has 2 atom stereocenters. The quantitative estimate of drug-likeness (QED) is 0.855. The summed E-state index contributed by atoms with van der Waals surface area (Å²) in [6, 6.07) is 10.0. The minimum Gasteiger partial charge on any atom is -0.383 e. The maximum Gasteiger partial charge on any atom is 0.317 e. The highest BCUT2D eigenvalue weighted by Gasteiger charge is 2.30. The average Bonchev–Trinajstić information content (AvgIpc) is 2.49. The van der Waals surface area contributed by atoms with Crippen molar-refractivity contribution in [2.45, 2.75) is 19.1 Å². The first-order valence-electron chi connectivity index (χ1n) is 6.92. The molecule has 0 bridgehead atoms. The Morgan fingerprint density at radius 3 is 2.90 bits per heavy atom. The Hall–Kier alpha value is -1.59. The van der Waals surface area contributed by atoms with Gasteiger partial charge in [-0.05, 0) is 12.5 Å². The third-order valence-corrected chi connectivity index (χ3v) is 3.45. The van der Waals surface area contributed by atoms with Crippen LogP contribution in [0.5, 0.6) is 0 Å². The van der Waals surface area contributed by atoms with Gasteiger partial charge in [0.15, 0.2) is 0 Å². The Labute approximate surface area is 119 Å². The van der Waals surface area contributed by atoms with E-state index in [9.17, 15) is 4.79 Å². The van der Waals surface area contributed by atoms with Gasteiger partial charge in [-0.3, -0.25) is 0 Å². The monoisotopic (exact) mass is 278 g/mol. The zero-order valence-corrected chi connectivity index (χ0v) is 12.0. The molecule has 5 nitrogen and oxygen atoms in total. The van der Waals surface area contributed by atoms with Crippen molar-refractivity contribution < 1.29 is 14.3 Å². The van der Waals surface area contributed by atoms with Crippen LogP contribution in [-0.4, -0.2) is 50.4 Å². The Balaban J connectivity index is 1.96. The van der Waals surface area contributed by atoms with Gasteiger partial charge >= 0.3 is 6.03 Å². The number of carbonyl (C=O) groups is 1. The van der Waals surface area contributed by atoms with Crippen molar-refractivity contribution in [3.05, 3.63) is 35.9 Å². The molecule has 1 aliphatic rings. The molecule has 2 amide bonds. The van der Waals surface area contributed by atoms with Crippen molar-refractivity contribution in [2.75, 3.05) is 33.4 Å². The minimum absolute atomic E-state index is 0.0550. The van der Waals surface area contributed by atoms with Gasteiger partial charge in [-0.15, -0.1) is 0 Å². The van der Waals surface area contributed by atoms with E-state index in [-0.39, 0.29) is 18.2 Å². The lowest BCUT2D eigenvalue weighted by atomic mass is 10.1. The molecule has 0 radical (unpaired) electrons. The number of nitrogens with zero attached hydrogens (tertiary/aromatic N) is 1. The van der Waals surface area contributed by atoms with Gasteiger partial charge in [-0.2, -0.15) is 0 Å². The predicted molar refractivity (Wildman–Crippen MR) is 76.6 cm³/mol. The van der Waals surface area contributed by atoms with Crippen LogP contribution < -0.4 is 5.32 Å². The summed E-state index contributed by atoms with van der Waals surface area (Å²) in [6.07, 6.45) is -0.0550. The fourth-order valence-electron chi connectivity index (χ4n) is 2.27. The molecule has 1 fully saturated rings. The average molecular weight is 278 g/mol. The van der Waals surface area contributed by atoms with Crippen LogP contribution in [0.4, 0.5) is 4.79 Å². The maximum atomic E-state index is 12.2. The van der Waals surface area contributed by atoms with E-state index >= 15 is 0 Å². The van der Waals surface area contributed by atoms with Crippen molar-refractivity contribution in [3.63, 3.8) is 0 Å². The van der Waals surface area contributed by atoms with Gasteiger partial charge in [-0.1, -0.05) is 30.3 Å². The molecule has 20 heavy (non-hydrogen) atoms. The molecule has 2 rings (SSSR count). The standard InChI is InChI=1S/C15H22N2O3/c1-12-11-20-14(13-6-4-3-5-7-13)10-17(12)15(18)16-8-9-19-2/h3-7,12,14H,8-11H2,1-2H3,(H,16,18). The van der Waals surface area contributed by atoms with E-state index < -0.39 is 0 Å². The fourth-order valence-corrected chi connectivity index (χ4v) is 2.27. The zero-order chi connectivity index (χ0) is 14.4. The van der Waals surface area contributed by atoms with Crippen LogP contribution in [0.1, 0.15) is 18.6 Å². The van der Waals surface area contributed by atoms with Crippen LogP contribution in [0.25, 0.3) is 0 Å². The summed E-state index contributed by atoms with van der Waals surface area (Å²) < 4.78 is 10.8. The van der Waals surface area contributed by atoms with Gasteiger partial charge in [0, 0.05) is 13.7 Å². The summed E-state index contributed by atoms with van der Waals surface area (Å²) >= 11 is 0. The van der Waals surface area contributed by atoms with Crippen molar-refractivity contribution >= 4 is 6.03 Å². The highest BCUT2D eigenvalue weighted by Crippen LogP contribution is 2.24. The normalized spacial score (nSPS) is 22.6. The molecule has 0 spiro atoms. The molecule has 2 unspecified atom stereocenters. The third-order valence-electron chi connectivity index (χ3n) is 3.45. The molecule has 1 aliphatic heterocycles. The summed E-state index contributed by atoms with van der Waals surface area (Å²) in [7, 11) is 1.62. The zero-order valence-electron chi connectivity index (χ0n) is 12.0. The molecule has 1 heterocycles. The number of hydrogen-bond donors (Lipinski definition) is 1.